The van der Waals surface area contributed by atoms with Crippen LogP contribution in [0.15, 0.2) is 0 Å². The second-order valence-corrected chi connectivity index (χ2v) is 3.24. The molecule has 0 amide bonds. The van der Waals surface area contributed by atoms with E-state index in [1.54, 1.807) is 0 Å². The van der Waals surface area contributed by atoms with Gasteiger partial charge in [-0.1, -0.05) is 0 Å². The van der Waals surface area contributed by atoms with Crippen molar-refractivity contribution in [3.05, 3.63) is 0 Å². The van der Waals surface area contributed by atoms with Crippen LogP contribution >= 0.6 is 0 Å². The summed E-state index contributed by atoms with van der Waals surface area (Å²) >= 11 is 0. The number of halogens is 9. The lowest BCUT2D eigenvalue weighted by molar-refractivity contribution is -0.436. The van der Waals surface area contributed by atoms with Crippen LogP contribution in [0, 0.1) is 0 Å². The minimum absolute atomic E-state index is 0.451. The molecule has 2 N–H and O–H groups in total. The van der Waals surface area contributed by atoms with Crippen LogP contribution in [0.5, 0.6) is 0 Å². The van der Waals surface area contributed by atoms with E-state index >= 15 is 0 Å². The zero-order valence-electron chi connectivity index (χ0n) is 7.80. The maximum Gasteiger partial charge on any atom is 0.460 e. The van der Waals surface area contributed by atoms with Gasteiger partial charge in [-0.05, 0) is 6.92 Å². The summed E-state index contributed by atoms with van der Waals surface area (Å²) in [6.07, 6.45) is -6.98. The van der Waals surface area contributed by atoms with Crippen LogP contribution in [-0.4, -0.2) is 39.9 Å². The normalized spacial score (nSPS) is 16.2. The van der Waals surface area contributed by atoms with Crippen molar-refractivity contribution in [2.45, 2.75) is 36.7 Å². The van der Waals surface area contributed by atoms with E-state index in [2.05, 4.69) is 0 Å². The molecule has 0 aliphatic rings. The molecular weight excluding hydrogens is 275 g/mol. The van der Waals surface area contributed by atoms with Gasteiger partial charge < -0.3 is 10.2 Å². The van der Waals surface area contributed by atoms with Crippen LogP contribution in [0.25, 0.3) is 0 Å². The third kappa shape index (κ3) is 2.17. The monoisotopic (exact) mass is 280 g/mol. The number of rotatable bonds is 3. The van der Waals surface area contributed by atoms with E-state index in [0.717, 1.165) is 0 Å². The number of alkyl halides is 9. The Morgan fingerprint density at radius 2 is 0.882 bits per heavy atom. The van der Waals surface area contributed by atoms with Gasteiger partial charge in [-0.25, -0.2) is 0 Å². The maximum atomic E-state index is 12.5. The van der Waals surface area contributed by atoms with Gasteiger partial charge in [-0.15, -0.1) is 0 Å². The van der Waals surface area contributed by atoms with Gasteiger partial charge in [0.2, 0.25) is 5.79 Å². The first-order valence-electron chi connectivity index (χ1n) is 3.65. The Hall–Kier alpha value is -0.710. The van der Waals surface area contributed by atoms with Gasteiger partial charge in [-0.2, -0.15) is 39.5 Å². The first-order chi connectivity index (χ1) is 7.00. The first-order valence-corrected chi connectivity index (χ1v) is 3.65. The summed E-state index contributed by atoms with van der Waals surface area (Å²) in [6.45, 7) is -0.451. The Labute approximate surface area is 87.6 Å². The average Bonchev–Trinajstić information content (AvgIpc) is 1.98. The SMILES string of the molecule is CC(O)(O)C(F)(F)C(F)(F)C(F)(F)C(F)(F)F. The van der Waals surface area contributed by atoms with Crippen molar-refractivity contribution < 1.29 is 49.7 Å². The third-order valence-electron chi connectivity index (χ3n) is 1.74. The molecule has 0 aromatic heterocycles. The molecule has 0 fully saturated rings. The van der Waals surface area contributed by atoms with E-state index in [1.165, 1.54) is 0 Å². The minimum Gasteiger partial charge on any atom is -0.361 e. The molecule has 2 nitrogen and oxygen atoms in total. The summed E-state index contributed by atoms with van der Waals surface area (Å²) in [5, 5.41) is 16.3. The van der Waals surface area contributed by atoms with Gasteiger partial charge in [-0.3, -0.25) is 0 Å². The Morgan fingerprint density at radius 1 is 0.588 bits per heavy atom. The molecule has 0 rings (SSSR count). The number of hydrogen-bond acceptors (Lipinski definition) is 2. The fourth-order valence-corrected chi connectivity index (χ4v) is 0.673. The van der Waals surface area contributed by atoms with E-state index < -0.39 is 36.7 Å². The molecule has 0 aliphatic carbocycles. The van der Waals surface area contributed by atoms with Crippen molar-refractivity contribution in [3.63, 3.8) is 0 Å². The van der Waals surface area contributed by atoms with Crippen LogP contribution in [0.2, 0.25) is 0 Å². The van der Waals surface area contributed by atoms with Crippen molar-refractivity contribution in [2.75, 3.05) is 0 Å². The van der Waals surface area contributed by atoms with E-state index in [-0.39, 0.29) is 0 Å². The molecule has 0 aromatic rings. The van der Waals surface area contributed by atoms with Gasteiger partial charge >= 0.3 is 23.9 Å². The summed E-state index contributed by atoms with van der Waals surface area (Å²) < 4.78 is 109. The number of aliphatic hydroxyl groups is 2. The van der Waals surface area contributed by atoms with Crippen molar-refractivity contribution in [3.8, 4) is 0 Å². The Kier molecular flexibility index (Phi) is 3.49. The first kappa shape index (κ1) is 16.3. The third-order valence-corrected chi connectivity index (χ3v) is 1.74. The van der Waals surface area contributed by atoms with Gasteiger partial charge in [0.15, 0.2) is 0 Å². The Bertz CT molecular complexity index is 259. The number of hydrogen-bond donors (Lipinski definition) is 2. The van der Waals surface area contributed by atoms with E-state index in [0.29, 0.717) is 0 Å². The van der Waals surface area contributed by atoms with Gasteiger partial charge in [0.25, 0.3) is 0 Å². The molecule has 0 spiro atoms. The Morgan fingerprint density at radius 3 is 1.06 bits per heavy atom. The highest BCUT2D eigenvalue weighted by Gasteiger charge is 2.85. The zero-order chi connectivity index (χ0) is 14.5. The fraction of sp³-hybridized carbons (Fsp3) is 1.00. The summed E-state index contributed by atoms with van der Waals surface area (Å²) in [5.41, 5.74) is 0. The van der Waals surface area contributed by atoms with Gasteiger partial charge in [0.1, 0.15) is 0 Å². The highest BCUT2D eigenvalue weighted by atomic mass is 19.4. The molecule has 11 heteroatoms. The van der Waals surface area contributed by atoms with E-state index in [1.807, 2.05) is 0 Å². The summed E-state index contributed by atoms with van der Waals surface area (Å²) in [5.74, 6) is -25.3. The quantitative estimate of drug-likeness (QED) is 0.614. The molecule has 0 heterocycles. The molecule has 0 radical (unpaired) electrons. The van der Waals surface area contributed by atoms with Crippen LogP contribution in [-0.2, 0) is 0 Å². The summed E-state index contributed by atoms with van der Waals surface area (Å²) in [6, 6.07) is 0. The van der Waals surface area contributed by atoms with Crippen LogP contribution in [0.3, 0.4) is 0 Å². The lowest BCUT2D eigenvalue weighted by Gasteiger charge is -2.37. The largest absolute Gasteiger partial charge is 0.460 e. The van der Waals surface area contributed by atoms with E-state index in [9.17, 15) is 39.5 Å². The topological polar surface area (TPSA) is 40.5 Å². The molecule has 0 bridgehead atoms. The molecule has 17 heavy (non-hydrogen) atoms. The molecule has 0 unspecified atom stereocenters. The van der Waals surface area contributed by atoms with Crippen LogP contribution < -0.4 is 0 Å². The molecule has 0 saturated carbocycles. The lowest BCUT2D eigenvalue weighted by Crippen LogP contribution is -2.67. The lowest BCUT2D eigenvalue weighted by atomic mass is 9.97. The predicted molar refractivity (Wildman–Crippen MR) is 33.7 cm³/mol. The van der Waals surface area contributed by atoms with Crippen LogP contribution in [0.1, 0.15) is 6.92 Å². The molecule has 0 aromatic carbocycles. The van der Waals surface area contributed by atoms with Crippen LogP contribution in [0.4, 0.5) is 39.5 Å². The second-order valence-electron chi connectivity index (χ2n) is 3.24. The van der Waals surface area contributed by atoms with Crippen molar-refractivity contribution in [2.24, 2.45) is 0 Å². The second kappa shape index (κ2) is 3.64. The van der Waals surface area contributed by atoms with Crippen molar-refractivity contribution >= 4 is 0 Å². The fourth-order valence-electron chi connectivity index (χ4n) is 0.673. The predicted octanol–water partition coefficient (Wildman–Crippen LogP) is 2.16. The van der Waals surface area contributed by atoms with E-state index in [4.69, 9.17) is 10.2 Å². The van der Waals surface area contributed by atoms with Crippen molar-refractivity contribution in [1.29, 1.82) is 0 Å². The maximum absolute atomic E-state index is 12.5. The van der Waals surface area contributed by atoms with Gasteiger partial charge in [0, 0.05) is 0 Å². The minimum atomic E-state index is -7.13. The highest BCUT2D eigenvalue weighted by molar-refractivity contribution is 5.04. The molecule has 0 atom stereocenters. The molecular formula is C6H5F9O2. The Balaban J connectivity index is 5.73. The standard InChI is InChI=1S/C6H5F9O2/c1-2(16,17)3(7,8)4(9,10)5(11,12)6(13,14)15/h16-17H,1H3. The van der Waals surface area contributed by atoms with Gasteiger partial charge in [0.05, 0.1) is 0 Å². The summed E-state index contributed by atoms with van der Waals surface area (Å²) in [4.78, 5) is 0. The molecule has 0 aliphatic heterocycles. The smallest absolute Gasteiger partial charge is 0.361 e. The average molecular weight is 280 g/mol. The molecule has 0 saturated heterocycles. The van der Waals surface area contributed by atoms with Crippen molar-refractivity contribution in [1.82, 2.24) is 0 Å². The highest BCUT2D eigenvalue weighted by Crippen LogP contribution is 2.55. The summed E-state index contributed by atoms with van der Waals surface area (Å²) in [7, 11) is 0. The molecule has 104 valence electrons. The zero-order valence-corrected chi connectivity index (χ0v) is 7.80.